The van der Waals surface area contributed by atoms with Crippen LogP contribution in [-0.2, 0) is 14.8 Å². The summed E-state index contributed by atoms with van der Waals surface area (Å²) < 4.78 is 52.9. The second-order valence-electron chi connectivity index (χ2n) is 3.40. The highest BCUT2D eigenvalue weighted by molar-refractivity contribution is 7.89. The molecule has 1 aromatic rings. The quantitative estimate of drug-likeness (QED) is 0.801. The highest BCUT2D eigenvalue weighted by Crippen LogP contribution is 2.13. The van der Waals surface area contributed by atoms with E-state index in [1.54, 1.807) is 30.3 Å². The third kappa shape index (κ3) is 8.21. The van der Waals surface area contributed by atoms with Gasteiger partial charge in [-0.25, -0.2) is 18.4 Å². The molecule has 3 N–H and O–H groups in total. The van der Waals surface area contributed by atoms with E-state index in [2.05, 4.69) is 0 Å². The predicted molar refractivity (Wildman–Crippen MR) is 62.4 cm³/mol. The average Bonchev–Trinajstić information content (AvgIpc) is 2.27. The highest BCUT2D eigenvalue weighted by Gasteiger charge is 2.38. The van der Waals surface area contributed by atoms with Crippen LogP contribution in [-0.4, -0.2) is 37.2 Å². The number of carbonyl (C=O) groups is 2. The van der Waals surface area contributed by atoms with Gasteiger partial charge in [-0.1, -0.05) is 30.3 Å². The number of nitrogens with two attached hydrogens (primary N) is 1. The van der Waals surface area contributed by atoms with E-state index in [4.69, 9.17) is 15.0 Å². The summed E-state index contributed by atoms with van der Waals surface area (Å²) in [5.41, 5.74) is 0.358. The second kappa shape index (κ2) is 7.01. The Labute approximate surface area is 112 Å². The molecule has 0 atom stereocenters. The Morgan fingerprint density at radius 2 is 1.55 bits per heavy atom. The molecule has 0 aliphatic carbocycles. The molecule has 112 valence electrons. The zero-order valence-electron chi connectivity index (χ0n) is 9.79. The van der Waals surface area contributed by atoms with Crippen LogP contribution in [0.3, 0.4) is 0 Å². The summed E-state index contributed by atoms with van der Waals surface area (Å²) in [6.45, 7) is 0. The molecular weight excluding hydrogens is 303 g/mol. The van der Waals surface area contributed by atoms with Gasteiger partial charge in [0.15, 0.2) is 5.78 Å². The topological polar surface area (TPSA) is 115 Å². The summed E-state index contributed by atoms with van der Waals surface area (Å²) in [7, 11) is -3.72. The Kier molecular flexibility index (Phi) is 6.33. The maximum atomic E-state index is 11.2. The van der Waals surface area contributed by atoms with Crippen molar-refractivity contribution in [2.45, 2.75) is 6.18 Å². The number of benzene rings is 1. The number of primary sulfonamides is 1. The molecule has 20 heavy (non-hydrogen) atoms. The SMILES string of the molecule is NS(=O)(=O)CC(=O)c1ccccc1.O=C(O)C(F)(F)F. The van der Waals surface area contributed by atoms with Crippen LogP contribution < -0.4 is 5.14 Å². The van der Waals surface area contributed by atoms with Gasteiger partial charge in [0.05, 0.1) is 0 Å². The van der Waals surface area contributed by atoms with E-state index in [1.807, 2.05) is 0 Å². The molecule has 0 bridgehead atoms. The van der Waals surface area contributed by atoms with Crippen LogP contribution >= 0.6 is 0 Å². The fraction of sp³-hybridized carbons (Fsp3) is 0.200. The minimum absolute atomic E-state index is 0.358. The zero-order valence-corrected chi connectivity index (χ0v) is 10.6. The van der Waals surface area contributed by atoms with E-state index in [9.17, 15) is 26.4 Å². The van der Waals surface area contributed by atoms with E-state index in [1.165, 1.54) is 0 Å². The van der Waals surface area contributed by atoms with E-state index < -0.39 is 33.7 Å². The van der Waals surface area contributed by atoms with E-state index in [-0.39, 0.29) is 0 Å². The number of carboxylic acid groups (broad SMARTS) is 1. The summed E-state index contributed by atoms with van der Waals surface area (Å²) in [5.74, 6) is -3.88. The Morgan fingerprint density at radius 3 is 1.85 bits per heavy atom. The Hall–Kier alpha value is -1.94. The fourth-order valence-electron chi connectivity index (χ4n) is 0.890. The molecule has 0 amide bonds. The van der Waals surface area contributed by atoms with Crippen LogP contribution in [0.15, 0.2) is 30.3 Å². The Bertz CT molecular complexity index is 568. The predicted octanol–water partition coefficient (Wildman–Crippen LogP) is 0.791. The largest absolute Gasteiger partial charge is 0.490 e. The number of carboxylic acids is 1. The summed E-state index contributed by atoms with van der Waals surface area (Å²) in [5, 5.41) is 11.9. The molecule has 6 nitrogen and oxygen atoms in total. The number of alkyl halides is 3. The molecule has 0 radical (unpaired) electrons. The molecule has 0 aliphatic heterocycles. The van der Waals surface area contributed by atoms with Gasteiger partial charge in [0.25, 0.3) is 0 Å². The molecule has 0 heterocycles. The molecule has 0 unspecified atom stereocenters. The van der Waals surface area contributed by atoms with Crippen LogP contribution in [0.2, 0.25) is 0 Å². The number of hydrogen-bond acceptors (Lipinski definition) is 4. The van der Waals surface area contributed by atoms with Crippen molar-refractivity contribution in [3.63, 3.8) is 0 Å². The van der Waals surface area contributed by atoms with Crippen molar-refractivity contribution in [2.24, 2.45) is 5.14 Å². The van der Waals surface area contributed by atoms with E-state index in [0.717, 1.165) is 0 Å². The van der Waals surface area contributed by atoms with Crippen molar-refractivity contribution in [3.05, 3.63) is 35.9 Å². The smallest absolute Gasteiger partial charge is 0.475 e. The minimum Gasteiger partial charge on any atom is -0.475 e. The van der Waals surface area contributed by atoms with Gasteiger partial charge in [-0.2, -0.15) is 13.2 Å². The van der Waals surface area contributed by atoms with Crippen LogP contribution in [0.1, 0.15) is 10.4 Å². The number of Topliss-reactive ketones (excluding diaryl/α,β-unsaturated/α-hetero) is 1. The van der Waals surface area contributed by atoms with Crippen LogP contribution in [0.4, 0.5) is 13.2 Å². The normalized spacial score (nSPS) is 11.2. The summed E-state index contributed by atoms with van der Waals surface area (Å²) in [6, 6.07) is 8.17. The molecule has 0 saturated heterocycles. The van der Waals surface area contributed by atoms with E-state index >= 15 is 0 Å². The van der Waals surface area contributed by atoms with Crippen molar-refractivity contribution in [3.8, 4) is 0 Å². The van der Waals surface area contributed by atoms with Crippen LogP contribution in [0, 0.1) is 0 Å². The molecule has 0 spiro atoms. The minimum atomic E-state index is -5.08. The second-order valence-corrected chi connectivity index (χ2v) is 5.01. The van der Waals surface area contributed by atoms with Crippen LogP contribution in [0.25, 0.3) is 0 Å². The summed E-state index contributed by atoms with van der Waals surface area (Å²) >= 11 is 0. The average molecular weight is 313 g/mol. The van der Waals surface area contributed by atoms with Gasteiger partial charge < -0.3 is 5.11 Å². The maximum Gasteiger partial charge on any atom is 0.490 e. The molecule has 1 aromatic carbocycles. The van der Waals surface area contributed by atoms with Gasteiger partial charge in [-0.3, -0.25) is 4.79 Å². The molecule has 0 saturated carbocycles. The summed E-state index contributed by atoms with van der Waals surface area (Å²) in [4.78, 5) is 20.1. The fourth-order valence-corrected chi connectivity index (χ4v) is 1.42. The van der Waals surface area contributed by atoms with Gasteiger partial charge in [0.2, 0.25) is 10.0 Å². The third-order valence-electron chi connectivity index (χ3n) is 1.67. The monoisotopic (exact) mass is 313 g/mol. The third-order valence-corrected chi connectivity index (χ3v) is 2.34. The number of rotatable bonds is 3. The lowest BCUT2D eigenvalue weighted by Crippen LogP contribution is -2.23. The summed E-state index contributed by atoms with van der Waals surface area (Å²) in [6.07, 6.45) is -5.08. The molecule has 0 aliphatic rings. The van der Waals surface area contributed by atoms with Gasteiger partial charge in [-0.05, 0) is 0 Å². The molecule has 10 heteroatoms. The van der Waals surface area contributed by atoms with E-state index in [0.29, 0.717) is 5.56 Å². The number of sulfonamides is 1. The number of hydrogen-bond donors (Lipinski definition) is 2. The van der Waals surface area contributed by atoms with Crippen molar-refractivity contribution in [2.75, 3.05) is 5.75 Å². The first-order valence-electron chi connectivity index (χ1n) is 4.82. The molecule has 1 rings (SSSR count). The van der Waals surface area contributed by atoms with Crippen molar-refractivity contribution < 1.29 is 36.3 Å². The molecule has 0 fully saturated rings. The van der Waals surface area contributed by atoms with Gasteiger partial charge >= 0.3 is 12.1 Å². The Morgan fingerprint density at radius 1 is 1.15 bits per heavy atom. The van der Waals surface area contributed by atoms with Crippen molar-refractivity contribution in [1.82, 2.24) is 0 Å². The number of halogens is 3. The first kappa shape index (κ1) is 18.1. The Balaban J connectivity index is 0.000000441. The first-order valence-corrected chi connectivity index (χ1v) is 6.54. The molecule has 0 aromatic heterocycles. The standard InChI is InChI=1S/C8H9NO3S.C2HF3O2/c9-13(11,12)6-8(10)7-4-2-1-3-5-7;3-2(4,5)1(6)7/h1-5H,6H2,(H2,9,11,12);(H,6,7). The number of carbonyl (C=O) groups excluding carboxylic acids is 1. The van der Waals surface area contributed by atoms with Gasteiger partial charge in [-0.15, -0.1) is 0 Å². The number of ketones is 1. The molecular formula is C10H10F3NO5S. The van der Waals surface area contributed by atoms with Gasteiger partial charge in [0, 0.05) is 5.56 Å². The van der Waals surface area contributed by atoms with Crippen molar-refractivity contribution >= 4 is 21.8 Å². The van der Waals surface area contributed by atoms with Gasteiger partial charge in [0.1, 0.15) is 5.75 Å². The lowest BCUT2D eigenvalue weighted by molar-refractivity contribution is -0.192. The highest BCUT2D eigenvalue weighted by atomic mass is 32.2. The van der Waals surface area contributed by atoms with Crippen LogP contribution in [0.5, 0.6) is 0 Å². The number of aliphatic carboxylic acids is 1. The van der Waals surface area contributed by atoms with Crippen molar-refractivity contribution in [1.29, 1.82) is 0 Å². The lowest BCUT2D eigenvalue weighted by Gasteiger charge is -1.97. The zero-order chi connectivity index (χ0) is 16.0. The maximum absolute atomic E-state index is 11.2. The first-order chi connectivity index (χ1) is 8.93. The lowest BCUT2D eigenvalue weighted by atomic mass is 10.2.